The second kappa shape index (κ2) is 9.75. The number of amides is 1. The molecule has 1 saturated carbocycles. The average molecular weight is 368 g/mol. The summed E-state index contributed by atoms with van der Waals surface area (Å²) in [6.07, 6.45) is 9.73. The molecule has 0 radical (unpaired) electrons. The van der Waals surface area contributed by atoms with Crippen LogP contribution in [0.2, 0.25) is 0 Å². The molecule has 5 nitrogen and oxygen atoms in total. The average Bonchev–Trinajstić information content (AvgIpc) is 2.64. The summed E-state index contributed by atoms with van der Waals surface area (Å²) in [4.78, 5) is 14.9. The van der Waals surface area contributed by atoms with Gasteiger partial charge < -0.3 is 19.5 Å². The van der Waals surface area contributed by atoms with Crippen molar-refractivity contribution < 1.29 is 19.4 Å². The Morgan fingerprint density at radius 1 is 1.27 bits per heavy atom. The van der Waals surface area contributed by atoms with Crippen LogP contribution in [-0.2, 0) is 14.3 Å². The van der Waals surface area contributed by atoms with Crippen LogP contribution in [0.25, 0.3) is 0 Å². The van der Waals surface area contributed by atoms with Gasteiger partial charge in [0, 0.05) is 26.1 Å². The van der Waals surface area contributed by atoms with E-state index in [0.717, 1.165) is 32.1 Å². The van der Waals surface area contributed by atoms with Crippen LogP contribution in [0.3, 0.4) is 0 Å². The number of nitrogens with zero attached hydrogens (tertiary/aromatic N) is 1. The van der Waals surface area contributed by atoms with Crippen molar-refractivity contribution in [3.8, 4) is 0 Å². The number of unbranched alkanes of at least 4 members (excludes halogenated alkanes) is 1. The first kappa shape index (κ1) is 21.2. The summed E-state index contributed by atoms with van der Waals surface area (Å²) in [5.74, 6) is 0.656. The zero-order valence-electron chi connectivity index (χ0n) is 17.0. The van der Waals surface area contributed by atoms with E-state index in [1.807, 2.05) is 18.0 Å². The largest absolute Gasteiger partial charge is 0.459 e. The first-order chi connectivity index (χ1) is 12.3. The molecular formula is C21H37NO4. The smallest absolute Gasteiger partial charge is 0.288 e. The highest BCUT2D eigenvalue weighted by atomic mass is 16.7. The van der Waals surface area contributed by atoms with E-state index in [1.165, 1.54) is 19.3 Å². The fourth-order valence-corrected chi connectivity index (χ4v) is 3.75. The Morgan fingerprint density at radius 3 is 2.58 bits per heavy atom. The van der Waals surface area contributed by atoms with Crippen LogP contribution in [0.4, 0.5) is 0 Å². The minimum atomic E-state index is -0.387. The number of aliphatic hydroxyl groups is 1. The molecule has 150 valence electrons. The molecule has 2 rings (SSSR count). The van der Waals surface area contributed by atoms with Crippen molar-refractivity contribution in [3.63, 3.8) is 0 Å². The topological polar surface area (TPSA) is 59.0 Å². The van der Waals surface area contributed by atoms with E-state index in [0.29, 0.717) is 18.4 Å². The van der Waals surface area contributed by atoms with Crippen LogP contribution >= 0.6 is 0 Å². The van der Waals surface area contributed by atoms with E-state index < -0.39 is 0 Å². The summed E-state index contributed by atoms with van der Waals surface area (Å²) in [6, 6.07) is 0.319. The lowest BCUT2D eigenvalue weighted by atomic mass is 9.77. The second-order valence-electron chi connectivity index (χ2n) is 8.80. The van der Waals surface area contributed by atoms with Crippen LogP contribution in [0, 0.1) is 11.3 Å². The highest BCUT2D eigenvalue weighted by Crippen LogP contribution is 2.37. The Bertz CT molecular complexity index is 477. The molecule has 1 aliphatic heterocycles. The van der Waals surface area contributed by atoms with E-state index in [9.17, 15) is 4.79 Å². The third-order valence-corrected chi connectivity index (χ3v) is 5.68. The molecule has 1 aliphatic carbocycles. The zero-order valence-corrected chi connectivity index (χ0v) is 17.0. The number of hydrogen-bond donors (Lipinski definition) is 1. The molecule has 1 fully saturated rings. The Labute approximate surface area is 158 Å². The normalized spacial score (nSPS) is 24.7. The van der Waals surface area contributed by atoms with Crippen molar-refractivity contribution in [3.05, 3.63) is 11.8 Å². The van der Waals surface area contributed by atoms with Crippen molar-refractivity contribution in [1.82, 2.24) is 4.90 Å². The number of carbonyl (C=O) groups is 1. The van der Waals surface area contributed by atoms with Gasteiger partial charge in [-0.3, -0.25) is 4.79 Å². The van der Waals surface area contributed by atoms with Crippen molar-refractivity contribution >= 4 is 5.91 Å². The molecule has 5 heteroatoms. The molecule has 2 aliphatic rings. The molecule has 1 heterocycles. The lowest BCUT2D eigenvalue weighted by molar-refractivity contribution is -0.159. The minimum Gasteiger partial charge on any atom is -0.459 e. The SMILES string of the molecule is CN(C(=O)C1=C[C@H](C(C)(C)C)C[C@H](OCCCCO)O1)C1CCCCC1. The van der Waals surface area contributed by atoms with Gasteiger partial charge in [-0.05, 0) is 43.1 Å². The lowest BCUT2D eigenvalue weighted by Crippen LogP contribution is -2.42. The van der Waals surface area contributed by atoms with E-state index in [1.54, 1.807) is 0 Å². The predicted molar refractivity (Wildman–Crippen MR) is 102 cm³/mol. The Kier molecular flexibility index (Phi) is 7.96. The van der Waals surface area contributed by atoms with Crippen LogP contribution in [0.5, 0.6) is 0 Å². The van der Waals surface area contributed by atoms with Crippen molar-refractivity contribution in [2.45, 2.75) is 84.5 Å². The zero-order chi connectivity index (χ0) is 19.2. The maximum Gasteiger partial charge on any atom is 0.288 e. The molecule has 0 saturated heterocycles. The van der Waals surface area contributed by atoms with Crippen molar-refractivity contribution in [1.29, 1.82) is 0 Å². The molecule has 0 spiro atoms. The van der Waals surface area contributed by atoms with Gasteiger partial charge in [0.1, 0.15) is 0 Å². The molecule has 0 aromatic heterocycles. The summed E-state index contributed by atoms with van der Waals surface area (Å²) < 4.78 is 11.8. The van der Waals surface area contributed by atoms with E-state index in [2.05, 4.69) is 20.8 Å². The highest BCUT2D eigenvalue weighted by Gasteiger charge is 2.36. The first-order valence-corrected chi connectivity index (χ1v) is 10.2. The molecule has 0 aromatic carbocycles. The number of ether oxygens (including phenoxy) is 2. The fraction of sp³-hybridized carbons (Fsp3) is 0.857. The third-order valence-electron chi connectivity index (χ3n) is 5.68. The molecule has 1 N–H and O–H groups in total. The van der Waals surface area contributed by atoms with Gasteiger partial charge in [-0.2, -0.15) is 0 Å². The lowest BCUT2D eigenvalue weighted by Gasteiger charge is -2.38. The molecule has 1 amide bonds. The second-order valence-corrected chi connectivity index (χ2v) is 8.80. The summed E-state index contributed by atoms with van der Waals surface area (Å²) >= 11 is 0. The van der Waals surface area contributed by atoms with Gasteiger partial charge in [0.25, 0.3) is 5.91 Å². The monoisotopic (exact) mass is 367 g/mol. The molecule has 0 bridgehead atoms. The van der Waals surface area contributed by atoms with E-state index in [-0.39, 0.29) is 30.1 Å². The molecular weight excluding hydrogens is 330 g/mol. The number of allylic oxidation sites excluding steroid dienone is 1. The van der Waals surface area contributed by atoms with Crippen LogP contribution in [0.1, 0.15) is 72.1 Å². The Morgan fingerprint density at radius 2 is 1.96 bits per heavy atom. The fourth-order valence-electron chi connectivity index (χ4n) is 3.75. The number of hydrogen-bond acceptors (Lipinski definition) is 4. The van der Waals surface area contributed by atoms with Crippen LogP contribution in [0.15, 0.2) is 11.8 Å². The Hall–Kier alpha value is -1.07. The van der Waals surface area contributed by atoms with Gasteiger partial charge >= 0.3 is 0 Å². The summed E-state index contributed by atoms with van der Waals surface area (Å²) in [5.41, 5.74) is 0.0471. The van der Waals surface area contributed by atoms with Gasteiger partial charge in [0.2, 0.25) is 6.29 Å². The maximum atomic E-state index is 13.0. The molecule has 0 aromatic rings. The molecule has 2 atom stereocenters. The van der Waals surface area contributed by atoms with Crippen molar-refractivity contribution in [2.24, 2.45) is 11.3 Å². The molecule has 26 heavy (non-hydrogen) atoms. The first-order valence-electron chi connectivity index (χ1n) is 10.2. The van der Waals surface area contributed by atoms with Crippen LogP contribution in [-0.4, -0.2) is 48.5 Å². The van der Waals surface area contributed by atoms with Gasteiger partial charge in [0.05, 0.1) is 6.61 Å². The van der Waals surface area contributed by atoms with Gasteiger partial charge in [-0.1, -0.05) is 40.0 Å². The highest BCUT2D eigenvalue weighted by molar-refractivity contribution is 5.91. The van der Waals surface area contributed by atoms with Gasteiger partial charge in [0.15, 0.2) is 5.76 Å². The van der Waals surface area contributed by atoms with Crippen LogP contribution < -0.4 is 0 Å². The van der Waals surface area contributed by atoms with Crippen molar-refractivity contribution in [2.75, 3.05) is 20.3 Å². The molecule has 0 unspecified atom stereocenters. The third kappa shape index (κ3) is 5.98. The standard InChI is InChI=1S/C21H37NO4/c1-21(2,3)16-14-18(26-19(15-16)25-13-9-8-12-23)20(24)22(4)17-10-6-5-7-11-17/h14,16-17,19,23H,5-13,15H2,1-4H3/t16-,19+/m0/s1. The Balaban J connectivity index is 2.04. The summed E-state index contributed by atoms with van der Waals surface area (Å²) in [7, 11) is 1.90. The number of rotatable bonds is 7. The minimum absolute atomic E-state index is 0.0187. The number of aliphatic hydroxyl groups excluding tert-OH is 1. The number of carbonyl (C=O) groups excluding carboxylic acids is 1. The number of likely N-dealkylation sites (N-methyl/N-ethyl adjacent to an activating group) is 1. The summed E-state index contributed by atoms with van der Waals surface area (Å²) in [6.45, 7) is 7.29. The maximum absolute atomic E-state index is 13.0. The summed E-state index contributed by atoms with van der Waals surface area (Å²) in [5, 5.41) is 8.91. The van der Waals surface area contributed by atoms with E-state index in [4.69, 9.17) is 14.6 Å². The van der Waals surface area contributed by atoms with Gasteiger partial charge in [-0.15, -0.1) is 0 Å². The van der Waals surface area contributed by atoms with E-state index >= 15 is 0 Å². The predicted octanol–water partition coefficient (Wildman–Crippen LogP) is 3.86. The quantitative estimate of drug-likeness (QED) is 0.694. The van der Waals surface area contributed by atoms with Gasteiger partial charge in [-0.25, -0.2) is 0 Å².